The molecule has 1 aliphatic carbocycles. The molecule has 3 nitrogen and oxygen atoms in total. The third-order valence-corrected chi connectivity index (χ3v) is 4.70. The van der Waals surface area contributed by atoms with Gasteiger partial charge >= 0.3 is 0 Å². The number of carbonyl (C=O) groups excluding carboxylic acids is 1. The number of hydrogen-bond acceptors (Lipinski definition) is 3. The van der Waals surface area contributed by atoms with Crippen molar-refractivity contribution in [2.75, 3.05) is 11.5 Å². The monoisotopic (exact) mass is 268 g/mol. The Morgan fingerprint density at radius 3 is 2.50 bits per heavy atom. The predicted octanol–water partition coefficient (Wildman–Crippen LogP) is 3.11. The number of nitrogens with zero attached hydrogens (tertiary/aromatic N) is 1. The molecule has 0 aromatic heterocycles. The molecule has 0 saturated heterocycles. The van der Waals surface area contributed by atoms with Crippen LogP contribution in [0.15, 0.2) is 0 Å². The average Bonchev–Trinajstić information content (AvgIpc) is 2.62. The minimum atomic E-state index is -0.762. The first-order chi connectivity index (χ1) is 8.64. The lowest BCUT2D eigenvalue weighted by molar-refractivity contribution is -0.129. The molecule has 0 spiro atoms. The van der Waals surface area contributed by atoms with Gasteiger partial charge in [0.15, 0.2) is 0 Å². The zero-order valence-corrected chi connectivity index (χ0v) is 12.3. The summed E-state index contributed by atoms with van der Waals surface area (Å²) in [4.78, 5) is 12.3. The van der Waals surface area contributed by atoms with Crippen molar-refractivity contribution in [3.05, 3.63) is 0 Å². The highest BCUT2D eigenvalue weighted by molar-refractivity contribution is 7.99. The number of nitriles is 1. The summed E-state index contributed by atoms with van der Waals surface area (Å²) in [5.41, 5.74) is -0.762. The van der Waals surface area contributed by atoms with Crippen molar-refractivity contribution >= 4 is 17.7 Å². The molecule has 0 aromatic carbocycles. The van der Waals surface area contributed by atoms with Gasteiger partial charge < -0.3 is 5.32 Å². The van der Waals surface area contributed by atoms with Gasteiger partial charge in [0.1, 0.15) is 5.41 Å². The summed E-state index contributed by atoms with van der Waals surface area (Å²) in [7, 11) is 0. The summed E-state index contributed by atoms with van der Waals surface area (Å²) in [6.07, 6.45) is 5.75. The molecule has 0 aromatic rings. The molecule has 0 bridgehead atoms. The largest absolute Gasteiger partial charge is 0.351 e. The van der Waals surface area contributed by atoms with Gasteiger partial charge in [-0.05, 0) is 25.5 Å². The standard InChI is InChI=1S/C14H24N2OS/c1-3-18-10-12(2)16-13(17)14(11-15)8-6-4-5-7-9-14/h12H,3-10H2,1-2H3,(H,16,17). The second-order valence-electron chi connectivity index (χ2n) is 5.14. The Morgan fingerprint density at radius 2 is 2.00 bits per heavy atom. The van der Waals surface area contributed by atoms with Crippen LogP contribution in [0.4, 0.5) is 0 Å². The Hall–Kier alpha value is -0.690. The molecule has 4 heteroatoms. The molecule has 1 amide bonds. The van der Waals surface area contributed by atoms with Crippen molar-refractivity contribution in [3.63, 3.8) is 0 Å². The highest BCUT2D eigenvalue weighted by atomic mass is 32.2. The second kappa shape index (κ2) is 7.68. The van der Waals surface area contributed by atoms with Crippen LogP contribution >= 0.6 is 11.8 Å². The Labute approximate surface area is 115 Å². The highest BCUT2D eigenvalue weighted by Crippen LogP contribution is 2.34. The van der Waals surface area contributed by atoms with Crippen LogP contribution in [0.2, 0.25) is 0 Å². The van der Waals surface area contributed by atoms with Gasteiger partial charge in [-0.25, -0.2) is 0 Å². The maximum Gasteiger partial charge on any atom is 0.240 e. The minimum Gasteiger partial charge on any atom is -0.351 e. The predicted molar refractivity (Wildman–Crippen MR) is 76.4 cm³/mol. The van der Waals surface area contributed by atoms with E-state index in [4.69, 9.17) is 0 Å². The van der Waals surface area contributed by atoms with E-state index in [1.165, 1.54) is 0 Å². The summed E-state index contributed by atoms with van der Waals surface area (Å²) in [6.45, 7) is 4.13. The Balaban J connectivity index is 2.58. The molecular formula is C14H24N2OS. The van der Waals surface area contributed by atoms with Crippen LogP contribution in [0.3, 0.4) is 0 Å². The van der Waals surface area contributed by atoms with Crippen molar-refractivity contribution in [2.24, 2.45) is 5.41 Å². The van der Waals surface area contributed by atoms with Gasteiger partial charge in [-0.3, -0.25) is 4.79 Å². The van der Waals surface area contributed by atoms with Crippen LogP contribution in [0, 0.1) is 16.7 Å². The zero-order chi connectivity index (χ0) is 13.4. The summed E-state index contributed by atoms with van der Waals surface area (Å²) in [6, 6.07) is 2.45. The summed E-state index contributed by atoms with van der Waals surface area (Å²) in [5, 5.41) is 12.4. The minimum absolute atomic E-state index is 0.0453. The third kappa shape index (κ3) is 4.20. The second-order valence-corrected chi connectivity index (χ2v) is 6.46. The SMILES string of the molecule is CCSCC(C)NC(=O)C1(C#N)CCCCCC1. The van der Waals surface area contributed by atoms with Crippen molar-refractivity contribution in [1.82, 2.24) is 5.32 Å². The molecule has 1 unspecified atom stereocenters. The average molecular weight is 268 g/mol. The van der Waals surface area contributed by atoms with Crippen molar-refractivity contribution < 1.29 is 4.79 Å². The summed E-state index contributed by atoms with van der Waals surface area (Å²) < 4.78 is 0. The first-order valence-corrected chi connectivity index (χ1v) is 8.10. The number of carbonyl (C=O) groups is 1. The number of nitrogens with one attached hydrogen (secondary N) is 1. The van der Waals surface area contributed by atoms with E-state index in [0.717, 1.165) is 50.0 Å². The van der Waals surface area contributed by atoms with Gasteiger partial charge in [0.2, 0.25) is 5.91 Å². The van der Waals surface area contributed by atoms with Gasteiger partial charge in [-0.1, -0.05) is 32.6 Å². The molecule has 0 aliphatic heterocycles. The van der Waals surface area contributed by atoms with E-state index in [2.05, 4.69) is 18.3 Å². The topological polar surface area (TPSA) is 52.9 Å². The zero-order valence-electron chi connectivity index (χ0n) is 11.5. The van der Waals surface area contributed by atoms with Crippen molar-refractivity contribution in [2.45, 2.75) is 58.4 Å². The lowest BCUT2D eigenvalue weighted by Crippen LogP contribution is -2.44. The van der Waals surface area contributed by atoms with Crippen molar-refractivity contribution in [1.29, 1.82) is 5.26 Å². The molecule has 0 heterocycles. The summed E-state index contributed by atoms with van der Waals surface area (Å²) in [5.74, 6) is 1.93. The lowest BCUT2D eigenvalue weighted by Gasteiger charge is -2.25. The van der Waals surface area contributed by atoms with E-state index in [-0.39, 0.29) is 11.9 Å². The van der Waals surface area contributed by atoms with E-state index in [9.17, 15) is 10.1 Å². The van der Waals surface area contributed by atoms with E-state index in [0.29, 0.717) is 0 Å². The van der Waals surface area contributed by atoms with E-state index < -0.39 is 5.41 Å². The van der Waals surface area contributed by atoms with E-state index in [1.54, 1.807) is 0 Å². The number of amides is 1. The van der Waals surface area contributed by atoms with E-state index >= 15 is 0 Å². The fourth-order valence-corrected chi connectivity index (χ4v) is 3.09. The molecule has 1 aliphatic rings. The Kier molecular flexibility index (Phi) is 6.56. The van der Waals surface area contributed by atoms with Gasteiger partial charge in [-0.15, -0.1) is 0 Å². The van der Waals surface area contributed by atoms with Crippen LogP contribution < -0.4 is 5.32 Å². The van der Waals surface area contributed by atoms with Crippen molar-refractivity contribution in [3.8, 4) is 6.07 Å². The van der Waals surface area contributed by atoms with Gasteiger partial charge in [-0.2, -0.15) is 17.0 Å². The van der Waals surface area contributed by atoms with Crippen LogP contribution in [0.25, 0.3) is 0 Å². The highest BCUT2D eigenvalue weighted by Gasteiger charge is 2.39. The lowest BCUT2D eigenvalue weighted by atomic mass is 9.81. The van der Waals surface area contributed by atoms with Crippen LogP contribution in [-0.2, 0) is 4.79 Å². The fourth-order valence-electron chi connectivity index (χ4n) is 2.42. The number of rotatable bonds is 5. The Bertz CT molecular complexity index is 303. The molecule has 1 atom stereocenters. The molecular weight excluding hydrogens is 244 g/mol. The molecule has 1 saturated carbocycles. The smallest absolute Gasteiger partial charge is 0.240 e. The van der Waals surface area contributed by atoms with Gasteiger partial charge in [0.05, 0.1) is 6.07 Å². The maximum atomic E-state index is 12.3. The number of thioether (sulfide) groups is 1. The summed E-state index contributed by atoms with van der Waals surface area (Å²) >= 11 is 1.82. The van der Waals surface area contributed by atoms with Crippen LogP contribution in [0.5, 0.6) is 0 Å². The van der Waals surface area contributed by atoms with Crippen LogP contribution in [-0.4, -0.2) is 23.5 Å². The maximum absolute atomic E-state index is 12.3. The quantitative estimate of drug-likeness (QED) is 0.779. The normalized spacial score (nSPS) is 20.5. The number of hydrogen-bond donors (Lipinski definition) is 1. The Morgan fingerprint density at radius 1 is 1.39 bits per heavy atom. The first kappa shape index (κ1) is 15.4. The molecule has 0 radical (unpaired) electrons. The van der Waals surface area contributed by atoms with Gasteiger partial charge in [0, 0.05) is 11.8 Å². The van der Waals surface area contributed by atoms with Crippen LogP contribution in [0.1, 0.15) is 52.4 Å². The van der Waals surface area contributed by atoms with E-state index in [1.807, 2.05) is 18.7 Å². The van der Waals surface area contributed by atoms with Gasteiger partial charge in [0.25, 0.3) is 0 Å². The first-order valence-electron chi connectivity index (χ1n) is 6.94. The molecule has 1 fully saturated rings. The molecule has 1 rings (SSSR count). The molecule has 18 heavy (non-hydrogen) atoms. The molecule has 1 N–H and O–H groups in total. The fraction of sp³-hybridized carbons (Fsp3) is 0.857. The third-order valence-electron chi connectivity index (χ3n) is 3.56. The molecule has 102 valence electrons.